The summed E-state index contributed by atoms with van der Waals surface area (Å²) in [4.78, 5) is 2.24. The van der Waals surface area contributed by atoms with Crippen molar-refractivity contribution >= 4 is 0 Å². The van der Waals surface area contributed by atoms with Crippen LogP contribution in [0.5, 0.6) is 0 Å². The number of nitrogens with two attached hydrogens (primary N) is 1. The Kier molecular flexibility index (Phi) is 3.84. The maximum atomic E-state index is 13.2. The molecule has 4 heteroatoms. The van der Waals surface area contributed by atoms with Gasteiger partial charge in [-0.25, -0.2) is 8.78 Å². The Hall–Kier alpha value is -0.220. The van der Waals surface area contributed by atoms with Crippen molar-refractivity contribution in [3.05, 3.63) is 0 Å². The highest BCUT2D eigenvalue weighted by Gasteiger charge is 2.39. The van der Waals surface area contributed by atoms with Crippen LogP contribution in [-0.2, 0) is 0 Å². The fourth-order valence-corrected chi connectivity index (χ4v) is 2.00. The Morgan fingerprint density at radius 1 is 1.36 bits per heavy atom. The summed E-state index contributed by atoms with van der Waals surface area (Å²) < 4.78 is 26.4. The predicted octanol–water partition coefficient (Wildman–Crippen LogP) is 1.70. The first-order valence-electron chi connectivity index (χ1n) is 5.29. The van der Waals surface area contributed by atoms with E-state index in [2.05, 4.69) is 18.7 Å². The molecule has 14 heavy (non-hydrogen) atoms. The molecular formula is C10H20F2N2. The van der Waals surface area contributed by atoms with E-state index in [1.54, 1.807) is 0 Å². The van der Waals surface area contributed by atoms with Gasteiger partial charge in [0.05, 0.1) is 6.54 Å². The average molecular weight is 206 g/mol. The van der Waals surface area contributed by atoms with Gasteiger partial charge >= 0.3 is 0 Å². The maximum absolute atomic E-state index is 13.2. The van der Waals surface area contributed by atoms with E-state index in [9.17, 15) is 8.78 Å². The largest absolute Gasteiger partial charge is 0.325 e. The number of likely N-dealkylation sites (tertiary alicyclic amines) is 1. The van der Waals surface area contributed by atoms with E-state index in [1.807, 2.05) is 0 Å². The van der Waals surface area contributed by atoms with E-state index in [-0.39, 0.29) is 0 Å². The Balaban J connectivity index is 2.43. The number of nitrogens with zero attached hydrogens (tertiary/aromatic N) is 1. The van der Waals surface area contributed by atoms with Crippen LogP contribution < -0.4 is 5.73 Å². The van der Waals surface area contributed by atoms with Gasteiger partial charge in [-0.05, 0) is 39.8 Å². The molecule has 1 rings (SSSR count). The van der Waals surface area contributed by atoms with Crippen molar-refractivity contribution < 1.29 is 8.78 Å². The van der Waals surface area contributed by atoms with Gasteiger partial charge in [-0.15, -0.1) is 0 Å². The van der Waals surface area contributed by atoms with Crippen LogP contribution in [0.25, 0.3) is 0 Å². The van der Waals surface area contributed by atoms with Crippen molar-refractivity contribution in [3.8, 4) is 0 Å². The van der Waals surface area contributed by atoms with Gasteiger partial charge in [0.25, 0.3) is 5.92 Å². The van der Waals surface area contributed by atoms with E-state index >= 15 is 0 Å². The number of hydrogen-bond donors (Lipinski definition) is 1. The highest BCUT2D eigenvalue weighted by Crippen LogP contribution is 2.32. The summed E-state index contributed by atoms with van der Waals surface area (Å²) >= 11 is 0. The average Bonchev–Trinajstić information content (AvgIpc) is 2.18. The van der Waals surface area contributed by atoms with Crippen molar-refractivity contribution in [3.63, 3.8) is 0 Å². The van der Waals surface area contributed by atoms with E-state index in [0.29, 0.717) is 18.9 Å². The molecule has 2 N–H and O–H groups in total. The number of alkyl halides is 2. The van der Waals surface area contributed by atoms with E-state index in [1.165, 1.54) is 0 Å². The summed E-state index contributed by atoms with van der Waals surface area (Å²) in [6.07, 6.45) is 1.14. The van der Waals surface area contributed by atoms with E-state index < -0.39 is 18.4 Å². The summed E-state index contributed by atoms with van der Waals surface area (Å²) in [5, 5.41) is 0. The zero-order valence-electron chi connectivity index (χ0n) is 8.97. The first-order valence-corrected chi connectivity index (χ1v) is 5.29. The summed E-state index contributed by atoms with van der Waals surface area (Å²) in [5.74, 6) is -3.18. The molecule has 1 aliphatic heterocycles. The minimum Gasteiger partial charge on any atom is -0.325 e. The van der Waals surface area contributed by atoms with E-state index in [0.717, 1.165) is 13.1 Å². The van der Waals surface area contributed by atoms with Crippen molar-refractivity contribution in [2.75, 3.05) is 19.6 Å². The highest BCUT2D eigenvalue weighted by molar-refractivity contribution is 4.84. The number of piperidine rings is 1. The smallest absolute Gasteiger partial charge is 0.262 e. The Labute approximate surface area is 84.4 Å². The van der Waals surface area contributed by atoms with Crippen LogP contribution in [0.4, 0.5) is 8.78 Å². The summed E-state index contributed by atoms with van der Waals surface area (Å²) in [6.45, 7) is 5.23. The first-order chi connectivity index (χ1) is 6.47. The SMILES string of the molecule is CC(C)N1CCC(C(F)(F)CN)CC1. The second-order valence-electron chi connectivity index (χ2n) is 4.37. The molecule has 1 heterocycles. The molecule has 1 fully saturated rings. The van der Waals surface area contributed by atoms with Crippen LogP contribution in [-0.4, -0.2) is 36.5 Å². The molecule has 1 aliphatic rings. The molecule has 0 aromatic carbocycles. The van der Waals surface area contributed by atoms with Gasteiger partial charge in [0, 0.05) is 12.0 Å². The van der Waals surface area contributed by atoms with Gasteiger partial charge in [-0.3, -0.25) is 0 Å². The third kappa shape index (κ3) is 2.64. The van der Waals surface area contributed by atoms with Crippen molar-refractivity contribution in [1.82, 2.24) is 4.90 Å². The minimum absolute atomic E-state index is 0.461. The molecule has 0 saturated carbocycles. The quantitative estimate of drug-likeness (QED) is 0.761. The molecule has 84 valence electrons. The van der Waals surface area contributed by atoms with Crippen LogP contribution in [0, 0.1) is 5.92 Å². The summed E-state index contributed by atoms with van der Waals surface area (Å²) in [7, 11) is 0. The van der Waals surface area contributed by atoms with Gasteiger partial charge < -0.3 is 10.6 Å². The highest BCUT2D eigenvalue weighted by atomic mass is 19.3. The lowest BCUT2D eigenvalue weighted by molar-refractivity contribution is -0.0723. The van der Waals surface area contributed by atoms with Gasteiger partial charge in [0.15, 0.2) is 0 Å². The molecule has 0 aromatic heterocycles. The van der Waals surface area contributed by atoms with Crippen molar-refractivity contribution in [2.24, 2.45) is 11.7 Å². The molecule has 0 spiro atoms. The predicted molar refractivity (Wildman–Crippen MR) is 53.4 cm³/mol. The molecule has 0 radical (unpaired) electrons. The third-order valence-corrected chi connectivity index (χ3v) is 3.13. The molecular weight excluding hydrogens is 186 g/mol. The molecule has 0 aromatic rings. The van der Waals surface area contributed by atoms with Gasteiger partial charge in [-0.1, -0.05) is 0 Å². The lowest BCUT2D eigenvalue weighted by atomic mass is 9.90. The molecule has 0 aliphatic carbocycles. The normalized spacial score (nSPS) is 21.9. The van der Waals surface area contributed by atoms with Crippen LogP contribution in [0.2, 0.25) is 0 Å². The summed E-state index contributed by atoms with van der Waals surface area (Å²) in [6, 6.07) is 0.461. The van der Waals surface area contributed by atoms with Crippen LogP contribution in [0.15, 0.2) is 0 Å². The number of rotatable bonds is 3. The first kappa shape index (κ1) is 11.9. The molecule has 2 nitrogen and oxygen atoms in total. The van der Waals surface area contributed by atoms with Crippen LogP contribution >= 0.6 is 0 Å². The molecule has 0 bridgehead atoms. The minimum atomic E-state index is -2.66. The van der Waals surface area contributed by atoms with Crippen molar-refractivity contribution in [2.45, 2.75) is 38.7 Å². The third-order valence-electron chi connectivity index (χ3n) is 3.13. The molecule has 0 atom stereocenters. The lowest BCUT2D eigenvalue weighted by Crippen LogP contribution is -2.45. The standard InChI is InChI=1S/C10H20F2N2/c1-8(2)14-5-3-9(4-6-14)10(11,12)7-13/h8-9H,3-7,13H2,1-2H3. The number of halogens is 2. The van der Waals surface area contributed by atoms with Crippen molar-refractivity contribution in [1.29, 1.82) is 0 Å². The second kappa shape index (κ2) is 4.53. The Bertz CT molecular complexity index is 175. The van der Waals surface area contributed by atoms with Gasteiger partial charge in [-0.2, -0.15) is 0 Å². The van der Waals surface area contributed by atoms with Crippen LogP contribution in [0.1, 0.15) is 26.7 Å². The monoisotopic (exact) mass is 206 g/mol. The molecule has 0 amide bonds. The Morgan fingerprint density at radius 2 is 1.86 bits per heavy atom. The zero-order chi connectivity index (χ0) is 10.8. The molecule has 1 saturated heterocycles. The van der Waals surface area contributed by atoms with Gasteiger partial charge in [0.1, 0.15) is 0 Å². The Morgan fingerprint density at radius 3 is 2.21 bits per heavy atom. The number of hydrogen-bond acceptors (Lipinski definition) is 2. The van der Waals surface area contributed by atoms with Gasteiger partial charge in [0.2, 0.25) is 0 Å². The summed E-state index contributed by atoms with van der Waals surface area (Å²) in [5.41, 5.74) is 5.07. The topological polar surface area (TPSA) is 29.3 Å². The molecule has 0 unspecified atom stereocenters. The van der Waals surface area contributed by atoms with E-state index in [4.69, 9.17) is 5.73 Å². The maximum Gasteiger partial charge on any atom is 0.262 e. The second-order valence-corrected chi connectivity index (χ2v) is 4.37. The fourth-order valence-electron chi connectivity index (χ4n) is 2.00. The fraction of sp³-hybridized carbons (Fsp3) is 1.00. The lowest BCUT2D eigenvalue weighted by Gasteiger charge is -2.37. The zero-order valence-corrected chi connectivity index (χ0v) is 8.97. The van der Waals surface area contributed by atoms with Crippen LogP contribution in [0.3, 0.4) is 0 Å².